The predicted octanol–water partition coefficient (Wildman–Crippen LogP) is 4.16. The van der Waals surface area contributed by atoms with Gasteiger partial charge in [0.2, 0.25) is 11.9 Å². The second kappa shape index (κ2) is 9.12. The molecule has 0 spiro atoms. The van der Waals surface area contributed by atoms with Crippen molar-refractivity contribution in [2.75, 3.05) is 5.32 Å². The summed E-state index contributed by atoms with van der Waals surface area (Å²) in [7, 11) is -6.67. The summed E-state index contributed by atoms with van der Waals surface area (Å²) in [5.41, 5.74) is -1.37. The summed E-state index contributed by atoms with van der Waals surface area (Å²) in [6.45, 7) is 3.33. The van der Waals surface area contributed by atoms with E-state index < -0.39 is 56.4 Å². The van der Waals surface area contributed by atoms with E-state index in [1.165, 1.54) is 17.5 Å². The van der Waals surface area contributed by atoms with Gasteiger partial charge in [-0.05, 0) is 17.7 Å². The van der Waals surface area contributed by atoms with E-state index in [9.17, 15) is 44.3 Å². The Kier molecular flexibility index (Phi) is 7.15. The molecule has 2 aromatic rings. The van der Waals surface area contributed by atoms with Gasteiger partial charge in [-0.1, -0.05) is 49.1 Å². The highest BCUT2D eigenvalue weighted by Gasteiger charge is 2.59. The zero-order valence-electron chi connectivity index (χ0n) is 15.7. The Morgan fingerprint density at radius 3 is 2.12 bits per heavy atom. The monoisotopic (exact) mass is 481 g/mol. The van der Waals surface area contributed by atoms with Gasteiger partial charge in [-0.25, -0.2) is 8.57 Å². The van der Waals surface area contributed by atoms with Crippen LogP contribution in [0.1, 0.15) is 15.9 Å². The summed E-state index contributed by atoms with van der Waals surface area (Å²) in [5.74, 6) is -5.93. The quantitative estimate of drug-likeness (QED) is 0.348. The molecule has 1 unspecified atom stereocenters. The molecule has 0 heterocycles. The van der Waals surface area contributed by atoms with E-state index in [0.29, 0.717) is 0 Å². The van der Waals surface area contributed by atoms with Crippen LogP contribution in [0.4, 0.5) is 32.0 Å². The molecule has 0 bridgehead atoms. The number of rotatable bonds is 8. The van der Waals surface area contributed by atoms with Crippen LogP contribution in [-0.4, -0.2) is 37.6 Å². The third-order valence-electron chi connectivity index (χ3n) is 3.87. The molecule has 0 aliphatic heterocycles. The second-order valence-electron chi connectivity index (χ2n) is 6.12. The van der Waals surface area contributed by atoms with Crippen LogP contribution in [-0.2, 0) is 19.1 Å². The Hall–Kier alpha value is -3.19. The zero-order valence-corrected chi connectivity index (χ0v) is 16.5. The number of carbonyl (C=O) groups is 2. The molecular formula is C19H13F6NO5S. The molecular weight excluding hydrogens is 468 g/mol. The fourth-order valence-corrected chi connectivity index (χ4v) is 3.10. The van der Waals surface area contributed by atoms with E-state index in [-0.39, 0.29) is 5.56 Å². The molecule has 0 radical (unpaired) electrons. The van der Waals surface area contributed by atoms with Crippen LogP contribution in [0.2, 0.25) is 0 Å². The lowest BCUT2D eigenvalue weighted by atomic mass is 10.1. The van der Waals surface area contributed by atoms with E-state index >= 15 is 0 Å². The van der Waals surface area contributed by atoms with Crippen molar-refractivity contribution in [3.05, 3.63) is 72.1 Å². The van der Waals surface area contributed by atoms with Crippen molar-refractivity contribution in [1.82, 2.24) is 0 Å². The standard InChI is InChI=1S/C19H13F6NO5S/c1-2-11-8-9-14(13(20)10-11)26-17(28)19(24,25)32(29,30)31-16(18(21,22)23)15(27)12-6-4-3-5-7-12/h2-10,16H,1H2,(H,26,28). The minimum Gasteiger partial charge on any atom is -0.317 e. The summed E-state index contributed by atoms with van der Waals surface area (Å²) in [4.78, 5) is 23.8. The average molecular weight is 481 g/mol. The average Bonchev–Trinajstić information content (AvgIpc) is 2.72. The first kappa shape index (κ1) is 25.1. The zero-order chi connectivity index (χ0) is 24.3. The number of alkyl halides is 5. The van der Waals surface area contributed by atoms with Gasteiger partial charge in [-0.2, -0.15) is 30.4 Å². The maximum Gasteiger partial charge on any atom is 0.447 e. The molecule has 0 saturated carbocycles. The number of hydrogen-bond donors (Lipinski definition) is 1. The van der Waals surface area contributed by atoms with Crippen LogP contribution < -0.4 is 5.32 Å². The van der Waals surface area contributed by atoms with Crippen molar-refractivity contribution in [2.24, 2.45) is 0 Å². The van der Waals surface area contributed by atoms with Crippen LogP contribution in [0.25, 0.3) is 6.08 Å². The summed E-state index contributed by atoms with van der Waals surface area (Å²) in [6, 6.07) is 8.06. The number of hydrogen-bond acceptors (Lipinski definition) is 5. The van der Waals surface area contributed by atoms with Crippen molar-refractivity contribution in [2.45, 2.75) is 17.5 Å². The lowest BCUT2D eigenvalue weighted by Gasteiger charge is -2.22. The minimum atomic E-state index is -6.67. The second-order valence-corrected chi connectivity index (χ2v) is 7.73. The van der Waals surface area contributed by atoms with Crippen LogP contribution >= 0.6 is 0 Å². The highest BCUT2D eigenvalue weighted by molar-refractivity contribution is 7.88. The fraction of sp³-hybridized carbons (Fsp3) is 0.158. The van der Waals surface area contributed by atoms with Crippen LogP contribution in [0, 0.1) is 5.82 Å². The Bertz CT molecular complexity index is 1130. The van der Waals surface area contributed by atoms with Gasteiger partial charge in [0.05, 0.1) is 5.69 Å². The number of carbonyl (C=O) groups excluding carboxylic acids is 2. The van der Waals surface area contributed by atoms with E-state index in [2.05, 4.69) is 10.8 Å². The molecule has 6 nitrogen and oxygen atoms in total. The number of amides is 1. The molecule has 1 amide bonds. The first-order valence-corrected chi connectivity index (χ1v) is 9.81. The molecule has 0 aromatic heterocycles. The normalized spacial score (nSPS) is 13.3. The van der Waals surface area contributed by atoms with Crippen LogP contribution in [0.5, 0.6) is 0 Å². The van der Waals surface area contributed by atoms with Gasteiger partial charge in [-0.15, -0.1) is 0 Å². The number of ketones is 1. The topological polar surface area (TPSA) is 89.5 Å². The summed E-state index contributed by atoms with van der Waals surface area (Å²) in [6.07, 6.45) is -8.39. The first-order valence-electron chi connectivity index (χ1n) is 8.40. The van der Waals surface area contributed by atoms with Crippen molar-refractivity contribution in [3.8, 4) is 0 Å². The van der Waals surface area contributed by atoms with Crippen LogP contribution in [0.3, 0.4) is 0 Å². The summed E-state index contributed by atoms with van der Waals surface area (Å²) >= 11 is 0. The smallest absolute Gasteiger partial charge is 0.317 e. The number of Topliss-reactive ketones (excluding diaryl/α,β-unsaturated/α-hetero) is 1. The molecule has 0 aliphatic rings. The number of nitrogens with one attached hydrogen (secondary N) is 1. The molecule has 0 aliphatic carbocycles. The van der Waals surface area contributed by atoms with Crippen LogP contribution in [0.15, 0.2) is 55.1 Å². The third-order valence-corrected chi connectivity index (χ3v) is 5.13. The molecule has 2 rings (SSSR count). The van der Waals surface area contributed by atoms with Gasteiger partial charge in [0, 0.05) is 5.56 Å². The molecule has 0 saturated heterocycles. The summed E-state index contributed by atoms with van der Waals surface area (Å²) < 4.78 is 109. The number of benzene rings is 2. The summed E-state index contributed by atoms with van der Waals surface area (Å²) in [5, 5.41) is -4.36. The fourth-order valence-electron chi connectivity index (χ4n) is 2.26. The maximum atomic E-state index is 14.2. The highest BCUT2D eigenvalue weighted by atomic mass is 32.2. The van der Waals surface area contributed by atoms with Gasteiger partial charge in [-0.3, -0.25) is 9.59 Å². The Morgan fingerprint density at radius 2 is 1.62 bits per heavy atom. The maximum absolute atomic E-state index is 14.2. The van der Waals surface area contributed by atoms with Crippen molar-refractivity contribution in [1.29, 1.82) is 0 Å². The Balaban J connectivity index is 2.33. The third kappa shape index (κ3) is 5.34. The molecule has 1 atom stereocenters. The lowest BCUT2D eigenvalue weighted by Crippen LogP contribution is -2.48. The number of halogens is 6. The van der Waals surface area contributed by atoms with Crippen molar-refractivity contribution < 1.29 is 48.5 Å². The Labute approximate surface area is 177 Å². The van der Waals surface area contributed by atoms with Crippen molar-refractivity contribution >= 4 is 33.6 Å². The van der Waals surface area contributed by atoms with E-state index in [1.54, 1.807) is 0 Å². The largest absolute Gasteiger partial charge is 0.447 e. The molecule has 0 fully saturated rings. The molecule has 1 N–H and O–H groups in total. The first-order chi connectivity index (χ1) is 14.7. The molecule has 13 heteroatoms. The van der Waals surface area contributed by atoms with Gasteiger partial charge in [0.15, 0.2) is 0 Å². The Morgan fingerprint density at radius 1 is 1.03 bits per heavy atom. The lowest BCUT2D eigenvalue weighted by molar-refractivity contribution is -0.180. The minimum absolute atomic E-state index is 0.190. The van der Waals surface area contributed by atoms with E-state index in [1.807, 2.05) is 0 Å². The van der Waals surface area contributed by atoms with Crippen molar-refractivity contribution in [3.63, 3.8) is 0 Å². The SMILES string of the molecule is C=Cc1ccc(NC(=O)C(F)(F)S(=O)(=O)OC(C(=O)c2ccccc2)C(F)(F)F)c(F)c1. The number of anilines is 1. The highest BCUT2D eigenvalue weighted by Crippen LogP contribution is 2.33. The van der Waals surface area contributed by atoms with Gasteiger partial charge < -0.3 is 5.32 Å². The van der Waals surface area contributed by atoms with E-state index in [0.717, 1.165) is 42.5 Å². The van der Waals surface area contributed by atoms with E-state index in [4.69, 9.17) is 0 Å². The van der Waals surface area contributed by atoms with Gasteiger partial charge in [0.1, 0.15) is 5.82 Å². The molecule has 32 heavy (non-hydrogen) atoms. The molecule has 2 aromatic carbocycles. The van der Waals surface area contributed by atoms with Gasteiger partial charge >= 0.3 is 27.5 Å². The van der Waals surface area contributed by atoms with Gasteiger partial charge in [0.25, 0.3) is 0 Å². The molecule has 172 valence electrons. The predicted molar refractivity (Wildman–Crippen MR) is 101 cm³/mol.